The van der Waals surface area contributed by atoms with E-state index in [1.807, 2.05) is 32.3 Å². The Balaban J connectivity index is 0.00000113. The van der Waals surface area contributed by atoms with Crippen LogP contribution in [0, 0.1) is 5.82 Å². The number of ether oxygens (including phenoxy) is 1. The van der Waals surface area contributed by atoms with E-state index < -0.39 is 5.54 Å². The minimum absolute atomic E-state index is 0.301. The fraction of sp³-hybridized carbons (Fsp3) is 0.182. The molecule has 2 heterocycles. The van der Waals surface area contributed by atoms with Crippen molar-refractivity contribution in [1.82, 2.24) is 15.6 Å². The Hall–Kier alpha value is -4.53. The van der Waals surface area contributed by atoms with Gasteiger partial charge in [-0.15, -0.1) is 0 Å². The number of aromatic nitrogens is 1. The Kier molecular flexibility index (Phi) is 8.38. The second-order valence-corrected chi connectivity index (χ2v) is 10.4. The van der Waals surface area contributed by atoms with Gasteiger partial charge in [0.05, 0.1) is 34.5 Å². The molecular weight excluding hydrogens is 557 g/mol. The molecule has 7 nitrogen and oxygen atoms in total. The number of amides is 1. The lowest BCUT2D eigenvalue weighted by molar-refractivity contribution is 0.0926. The number of pyridine rings is 1. The number of carbonyl (C=O) groups excluding carboxylic acids is 2. The van der Waals surface area contributed by atoms with Crippen molar-refractivity contribution in [3.05, 3.63) is 107 Å². The molecule has 42 heavy (non-hydrogen) atoms. The van der Waals surface area contributed by atoms with Crippen molar-refractivity contribution < 1.29 is 23.1 Å². The van der Waals surface area contributed by atoms with Crippen molar-refractivity contribution in [1.29, 1.82) is 0 Å². The van der Waals surface area contributed by atoms with E-state index in [9.17, 15) is 14.0 Å². The second kappa shape index (κ2) is 12.1. The highest BCUT2D eigenvalue weighted by molar-refractivity contribution is 6.33. The van der Waals surface area contributed by atoms with Crippen LogP contribution in [0.2, 0.25) is 5.02 Å². The number of nitrogens with zero attached hydrogens (tertiary/aromatic N) is 1. The lowest BCUT2D eigenvalue weighted by Gasteiger charge is -2.19. The van der Waals surface area contributed by atoms with E-state index in [2.05, 4.69) is 15.6 Å². The topological polar surface area (TPSA) is 93.5 Å². The monoisotopic (exact) mass is 585 g/mol. The van der Waals surface area contributed by atoms with Gasteiger partial charge in [0.1, 0.15) is 22.9 Å². The number of halogens is 2. The maximum absolute atomic E-state index is 13.5. The Morgan fingerprint density at radius 2 is 1.76 bits per heavy atom. The first-order valence-corrected chi connectivity index (χ1v) is 13.7. The number of benzene rings is 3. The summed E-state index contributed by atoms with van der Waals surface area (Å²) in [6, 6.07) is 20.0. The quantitative estimate of drug-likeness (QED) is 0.199. The third-order valence-corrected chi connectivity index (χ3v) is 7.37. The van der Waals surface area contributed by atoms with Crippen LogP contribution < -0.4 is 15.4 Å². The summed E-state index contributed by atoms with van der Waals surface area (Å²) in [5.41, 5.74) is 3.33. The van der Waals surface area contributed by atoms with E-state index in [0.717, 1.165) is 24.8 Å². The van der Waals surface area contributed by atoms with Crippen LogP contribution >= 0.6 is 11.6 Å². The zero-order valence-electron chi connectivity index (χ0n) is 23.3. The van der Waals surface area contributed by atoms with Gasteiger partial charge >= 0.3 is 0 Å². The Labute approximate surface area is 247 Å². The summed E-state index contributed by atoms with van der Waals surface area (Å²) in [6.45, 7) is 0. The molecule has 1 aliphatic rings. The number of hydrogen-bond acceptors (Lipinski definition) is 6. The van der Waals surface area contributed by atoms with Gasteiger partial charge in [-0.05, 0) is 87.1 Å². The minimum Gasteiger partial charge on any atom is -0.496 e. The van der Waals surface area contributed by atoms with E-state index in [0.29, 0.717) is 55.3 Å². The summed E-state index contributed by atoms with van der Waals surface area (Å²) in [4.78, 5) is 30.0. The van der Waals surface area contributed by atoms with Gasteiger partial charge in [0.25, 0.3) is 5.91 Å². The van der Waals surface area contributed by atoms with Gasteiger partial charge in [0, 0.05) is 28.8 Å². The Morgan fingerprint density at radius 1 is 1.05 bits per heavy atom. The number of furan rings is 1. The fourth-order valence-electron chi connectivity index (χ4n) is 4.84. The van der Waals surface area contributed by atoms with Crippen LogP contribution in [0.5, 0.6) is 5.75 Å². The summed E-state index contributed by atoms with van der Waals surface area (Å²) in [5, 5.41) is 6.84. The van der Waals surface area contributed by atoms with Crippen molar-refractivity contribution >= 4 is 34.8 Å². The summed E-state index contributed by atoms with van der Waals surface area (Å²) in [6.07, 6.45) is 4.01. The standard InChI is InChI=1S/C31H22ClFN2O4.C2H7N/c1-38-27-16-25(32)21(15-23(27)30(37)35-31(11-12-31)28-4-2-3-13-34-28)19-7-10-26-22(14-19)24(17-36)29(39-26)18-5-8-20(33)9-6-18;1-3-2/h2-10,13-17H,11-12H2,1H3,(H,35,37);3H,1-2H3. The molecule has 0 radical (unpaired) electrons. The molecule has 6 rings (SSSR count). The zero-order valence-corrected chi connectivity index (χ0v) is 24.1. The van der Waals surface area contributed by atoms with Crippen molar-refractivity contribution in [2.24, 2.45) is 0 Å². The average Bonchev–Trinajstić information content (AvgIpc) is 3.69. The van der Waals surface area contributed by atoms with Gasteiger partial charge in [-0.1, -0.05) is 23.7 Å². The smallest absolute Gasteiger partial charge is 0.255 e. The van der Waals surface area contributed by atoms with E-state index >= 15 is 0 Å². The molecule has 5 aromatic rings. The molecule has 3 aromatic carbocycles. The molecule has 1 saturated carbocycles. The Bertz CT molecular complexity index is 1750. The number of rotatable bonds is 7. The minimum atomic E-state index is -0.505. The third-order valence-electron chi connectivity index (χ3n) is 7.05. The Morgan fingerprint density at radius 3 is 2.38 bits per heavy atom. The summed E-state index contributed by atoms with van der Waals surface area (Å²) in [5.74, 6) is 0.00727. The second-order valence-electron chi connectivity index (χ2n) is 9.96. The van der Waals surface area contributed by atoms with Crippen LogP contribution in [-0.2, 0) is 5.54 Å². The molecule has 0 unspecified atom stereocenters. The first kappa shape index (κ1) is 29.0. The molecule has 0 bridgehead atoms. The molecule has 9 heteroatoms. The third kappa shape index (κ3) is 5.64. The summed E-state index contributed by atoms with van der Waals surface area (Å²) >= 11 is 6.65. The predicted molar refractivity (Wildman–Crippen MR) is 162 cm³/mol. The van der Waals surface area contributed by atoms with Crippen LogP contribution in [0.15, 0.2) is 83.4 Å². The van der Waals surface area contributed by atoms with Gasteiger partial charge in [0.15, 0.2) is 6.29 Å². The molecule has 0 atom stereocenters. The van der Waals surface area contributed by atoms with Crippen LogP contribution in [0.3, 0.4) is 0 Å². The van der Waals surface area contributed by atoms with Crippen molar-refractivity contribution in [3.8, 4) is 28.2 Å². The lowest BCUT2D eigenvalue weighted by atomic mass is 9.98. The van der Waals surface area contributed by atoms with Crippen LogP contribution in [0.1, 0.15) is 39.3 Å². The van der Waals surface area contributed by atoms with E-state index in [1.54, 1.807) is 48.7 Å². The highest BCUT2D eigenvalue weighted by Gasteiger charge is 2.47. The first-order valence-electron chi connectivity index (χ1n) is 13.3. The number of hydrogen-bond donors (Lipinski definition) is 2. The number of fused-ring (bicyclic) bond motifs is 1. The maximum atomic E-state index is 13.5. The largest absolute Gasteiger partial charge is 0.496 e. The maximum Gasteiger partial charge on any atom is 0.255 e. The van der Waals surface area contributed by atoms with Crippen LogP contribution in [-0.4, -0.2) is 38.4 Å². The van der Waals surface area contributed by atoms with E-state index in [-0.39, 0.29) is 11.7 Å². The SMILES string of the molecule is CNC.COc1cc(Cl)c(-c2ccc3oc(-c4ccc(F)cc4)c(C=O)c3c2)cc1C(=O)NC1(c2ccccn2)CC1. The zero-order chi connectivity index (χ0) is 29.9. The van der Waals surface area contributed by atoms with Crippen molar-refractivity contribution in [2.45, 2.75) is 18.4 Å². The highest BCUT2D eigenvalue weighted by Crippen LogP contribution is 2.45. The number of methoxy groups -OCH3 is 1. The summed E-state index contributed by atoms with van der Waals surface area (Å²) in [7, 11) is 5.23. The molecular formula is C33H29ClFN3O4. The number of carbonyl (C=O) groups is 2. The summed E-state index contributed by atoms with van der Waals surface area (Å²) < 4.78 is 24.9. The number of nitrogens with one attached hydrogen (secondary N) is 2. The number of aldehydes is 1. The molecule has 1 aliphatic carbocycles. The molecule has 2 N–H and O–H groups in total. The first-order chi connectivity index (χ1) is 20.3. The average molecular weight is 586 g/mol. The molecule has 1 amide bonds. The van der Waals surface area contributed by atoms with Crippen LogP contribution in [0.25, 0.3) is 33.4 Å². The molecule has 0 saturated heterocycles. The van der Waals surface area contributed by atoms with E-state index in [4.69, 9.17) is 20.8 Å². The van der Waals surface area contributed by atoms with Crippen molar-refractivity contribution in [2.75, 3.05) is 21.2 Å². The van der Waals surface area contributed by atoms with Crippen LogP contribution in [0.4, 0.5) is 4.39 Å². The molecule has 0 aliphatic heterocycles. The lowest BCUT2D eigenvalue weighted by Crippen LogP contribution is -2.35. The highest BCUT2D eigenvalue weighted by atomic mass is 35.5. The molecule has 0 spiro atoms. The fourth-order valence-corrected chi connectivity index (χ4v) is 5.10. The molecule has 1 fully saturated rings. The van der Waals surface area contributed by atoms with Gasteiger partial charge in [-0.2, -0.15) is 0 Å². The molecule has 214 valence electrons. The van der Waals surface area contributed by atoms with Gasteiger partial charge in [0.2, 0.25) is 0 Å². The van der Waals surface area contributed by atoms with Gasteiger partial charge in [-0.3, -0.25) is 14.6 Å². The predicted octanol–water partition coefficient (Wildman–Crippen LogP) is 7.03. The van der Waals surface area contributed by atoms with Gasteiger partial charge < -0.3 is 19.8 Å². The van der Waals surface area contributed by atoms with Gasteiger partial charge in [-0.25, -0.2) is 4.39 Å². The van der Waals surface area contributed by atoms with E-state index in [1.165, 1.54) is 19.2 Å². The normalized spacial score (nSPS) is 13.2. The van der Waals surface area contributed by atoms with Crippen molar-refractivity contribution in [3.63, 3.8) is 0 Å². The molecule has 2 aromatic heterocycles.